The van der Waals surface area contributed by atoms with Gasteiger partial charge in [-0.3, -0.25) is 5.43 Å². The third kappa shape index (κ3) is 3.53. The first-order valence-electron chi connectivity index (χ1n) is 5.09. The topological polar surface area (TPSA) is 50.2 Å². The van der Waals surface area contributed by atoms with E-state index in [0.717, 1.165) is 5.56 Å². The zero-order valence-corrected chi connectivity index (χ0v) is 10.0. The molecule has 17 heavy (non-hydrogen) atoms. The predicted octanol–water partition coefficient (Wildman–Crippen LogP) is 2.88. The Hall–Kier alpha value is -1.94. The minimum atomic E-state index is 0.359. The van der Waals surface area contributed by atoms with Crippen molar-refractivity contribution in [2.24, 2.45) is 5.10 Å². The molecule has 0 saturated carbocycles. The van der Waals surface area contributed by atoms with Crippen LogP contribution in [0.3, 0.4) is 0 Å². The maximum Gasteiger partial charge on any atom is 0.168 e. The molecule has 0 radical (unpaired) electrons. The molecule has 86 valence electrons. The summed E-state index contributed by atoms with van der Waals surface area (Å²) in [4.78, 5) is 0. The largest absolute Gasteiger partial charge is 0.260 e. The molecule has 0 spiro atoms. The number of aryl methyl sites for hydroxylation is 1. The van der Waals surface area contributed by atoms with Crippen molar-refractivity contribution in [1.82, 2.24) is 10.2 Å². The highest BCUT2D eigenvalue weighted by Crippen LogP contribution is 2.06. The van der Waals surface area contributed by atoms with Gasteiger partial charge in [-0.05, 0) is 24.6 Å². The smallest absolute Gasteiger partial charge is 0.168 e. The molecule has 1 aromatic carbocycles. The summed E-state index contributed by atoms with van der Waals surface area (Å²) in [6, 6.07) is 11.4. The van der Waals surface area contributed by atoms with E-state index in [0.29, 0.717) is 11.0 Å². The molecule has 4 nitrogen and oxygen atoms in total. The summed E-state index contributed by atoms with van der Waals surface area (Å²) in [5.41, 5.74) is 5.01. The van der Waals surface area contributed by atoms with Gasteiger partial charge in [-0.25, -0.2) is 0 Å². The van der Waals surface area contributed by atoms with Gasteiger partial charge in [0.1, 0.15) is 0 Å². The lowest BCUT2D eigenvalue weighted by molar-refractivity contribution is 1.02. The number of aromatic nitrogens is 2. The normalized spacial score (nSPS) is 10.7. The molecule has 0 fully saturated rings. The Morgan fingerprint density at radius 3 is 2.53 bits per heavy atom. The van der Waals surface area contributed by atoms with Gasteiger partial charge in [-0.1, -0.05) is 41.4 Å². The highest BCUT2D eigenvalue weighted by molar-refractivity contribution is 6.29. The number of benzene rings is 1. The molecule has 2 rings (SSSR count). The molecule has 1 N–H and O–H groups in total. The van der Waals surface area contributed by atoms with Gasteiger partial charge in [0.25, 0.3) is 0 Å². The van der Waals surface area contributed by atoms with Gasteiger partial charge in [-0.15, -0.1) is 10.2 Å². The molecule has 0 amide bonds. The highest BCUT2D eigenvalue weighted by atomic mass is 35.5. The highest BCUT2D eigenvalue weighted by Gasteiger charge is 1.92. The van der Waals surface area contributed by atoms with Crippen LogP contribution in [0, 0.1) is 6.92 Å². The summed E-state index contributed by atoms with van der Waals surface area (Å²) >= 11 is 5.62. The Labute approximate surface area is 104 Å². The van der Waals surface area contributed by atoms with E-state index in [1.165, 1.54) is 5.56 Å². The van der Waals surface area contributed by atoms with Crippen LogP contribution in [0.15, 0.2) is 41.5 Å². The van der Waals surface area contributed by atoms with Gasteiger partial charge < -0.3 is 0 Å². The fraction of sp³-hybridized carbons (Fsp3) is 0.0833. The van der Waals surface area contributed by atoms with Crippen molar-refractivity contribution in [3.8, 4) is 0 Å². The van der Waals surface area contributed by atoms with Crippen LogP contribution in [-0.4, -0.2) is 16.4 Å². The van der Waals surface area contributed by atoms with Gasteiger partial charge in [0.2, 0.25) is 0 Å². The Balaban J connectivity index is 1.97. The number of hydrazone groups is 1. The SMILES string of the molecule is Cc1ccc(/C=N/Nc2ccc(Cl)nn2)cc1. The zero-order chi connectivity index (χ0) is 12.1. The molecule has 0 bridgehead atoms. The first-order chi connectivity index (χ1) is 8.24. The third-order valence-electron chi connectivity index (χ3n) is 2.10. The monoisotopic (exact) mass is 246 g/mol. The van der Waals surface area contributed by atoms with Crippen LogP contribution in [-0.2, 0) is 0 Å². The van der Waals surface area contributed by atoms with E-state index >= 15 is 0 Å². The molecule has 0 aliphatic heterocycles. The van der Waals surface area contributed by atoms with Gasteiger partial charge in [0.05, 0.1) is 6.21 Å². The third-order valence-corrected chi connectivity index (χ3v) is 2.30. The van der Waals surface area contributed by atoms with E-state index in [4.69, 9.17) is 11.6 Å². The molecular weight excluding hydrogens is 236 g/mol. The first kappa shape index (κ1) is 11.5. The summed E-state index contributed by atoms with van der Waals surface area (Å²) in [5, 5.41) is 11.9. The summed E-state index contributed by atoms with van der Waals surface area (Å²) in [6.45, 7) is 2.04. The molecule has 0 unspecified atom stereocenters. The van der Waals surface area contributed by atoms with Crippen molar-refractivity contribution in [3.63, 3.8) is 0 Å². The van der Waals surface area contributed by atoms with E-state index in [-0.39, 0.29) is 0 Å². The van der Waals surface area contributed by atoms with Crippen molar-refractivity contribution < 1.29 is 0 Å². The summed E-state index contributed by atoms with van der Waals surface area (Å²) in [7, 11) is 0. The van der Waals surface area contributed by atoms with Gasteiger partial charge >= 0.3 is 0 Å². The van der Waals surface area contributed by atoms with Gasteiger partial charge in [0, 0.05) is 0 Å². The van der Waals surface area contributed by atoms with Crippen LogP contribution in [0.5, 0.6) is 0 Å². The lowest BCUT2D eigenvalue weighted by atomic mass is 10.2. The minimum Gasteiger partial charge on any atom is -0.260 e. The summed E-state index contributed by atoms with van der Waals surface area (Å²) in [6.07, 6.45) is 1.72. The second-order valence-corrected chi connectivity index (χ2v) is 3.91. The number of nitrogens with one attached hydrogen (secondary N) is 1. The molecule has 1 heterocycles. The van der Waals surface area contributed by atoms with Crippen molar-refractivity contribution >= 4 is 23.6 Å². The summed E-state index contributed by atoms with van der Waals surface area (Å²) in [5.74, 6) is 0.553. The van der Waals surface area contributed by atoms with Crippen molar-refractivity contribution in [1.29, 1.82) is 0 Å². The lowest BCUT2D eigenvalue weighted by Gasteiger charge is -1.97. The number of nitrogens with zero attached hydrogens (tertiary/aromatic N) is 3. The van der Waals surface area contributed by atoms with E-state index in [1.807, 2.05) is 31.2 Å². The van der Waals surface area contributed by atoms with E-state index < -0.39 is 0 Å². The predicted molar refractivity (Wildman–Crippen MR) is 69.4 cm³/mol. The van der Waals surface area contributed by atoms with Crippen LogP contribution in [0.2, 0.25) is 5.15 Å². The average molecular weight is 247 g/mol. The maximum atomic E-state index is 5.62. The van der Waals surface area contributed by atoms with Crippen LogP contribution >= 0.6 is 11.6 Å². The van der Waals surface area contributed by atoms with Crippen LogP contribution in [0.4, 0.5) is 5.82 Å². The van der Waals surface area contributed by atoms with Gasteiger partial charge in [0.15, 0.2) is 11.0 Å². The first-order valence-corrected chi connectivity index (χ1v) is 5.47. The molecule has 2 aromatic rings. The zero-order valence-electron chi connectivity index (χ0n) is 9.26. The lowest BCUT2D eigenvalue weighted by Crippen LogP contribution is -1.94. The van der Waals surface area contributed by atoms with E-state index in [1.54, 1.807) is 18.3 Å². The quantitative estimate of drug-likeness (QED) is 0.669. The maximum absolute atomic E-state index is 5.62. The molecular formula is C12H11ClN4. The Bertz CT molecular complexity index is 505. The van der Waals surface area contributed by atoms with Crippen LogP contribution in [0.25, 0.3) is 0 Å². The van der Waals surface area contributed by atoms with Crippen molar-refractivity contribution in [2.45, 2.75) is 6.92 Å². The number of hydrogen-bond donors (Lipinski definition) is 1. The van der Waals surface area contributed by atoms with Crippen LogP contribution in [0.1, 0.15) is 11.1 Å². The molecule has 5 heteroatoms. The molecule has 0 atom stereocenters. The molecule has 0 aliphatic carbocycles. The summed E-state index contributed by atoms with van der Waals surface area (Å²) < 4.78 is 0. The van der Waals surface area contributed by atoms with Crippen molar-refractivity contribution in [3.05, 3.63) is 52.7 Å². The van der Waals surface area contributed by atoms with Crippen molar-refractivity contribution in [2.75, 3.05) is 5.43 Å². The number of anilines is 1. The second kappa shape index (κ2) is 5.41. The van der Waals surface area contributed by atoms with Crippen LogP contribution < -0.4 is 5.43 Å². The number of rotatable bonds is 3. The molecule has 0 saturated heterocycles. The van der Waals surface area contributed by atoms with E-state index in [9.17, 15) is 0 Å². The Morgan fingerprint density at radius 1 is 1.12 bits per heavy atom. The molecule has 0 aliphatic rings. The average Bonchev–Trinajstić information content (AvgIpc) is 2.34. The Morgan fingerprint density at radius 2 is 1.88 bits per heavy atom. The van der Waals surface area contributed by atoms with Gasteiger partial charge in [-0.2, -0.15) is 5.10 Å². The number of halogens is 1. The van der Waals surface area contributed by atoms with E-state index in [2.05, 4.69) is 20.7 Å². The molecule has 1 aromatic heterocycles. The Kier molecular flexibility index (Phi) is 3.67. The minimum absolute atomic E-state index is 0.359. The standard InChI is InChI=1S/C12H11ClN4/c1-9-2-4-10(5-3-9)8-14-16-12-7-6-11(13)15-17-12/h2-8H,1H3,(H,16,17)/b14-8+. The second-order valence-electron chi connectivity index (χ2n) is 3.52. The number of hydrogen-bond acceptors (Lipinski definition) is 4. The fourth-order valence-corrected chi connectivity index (χ4v) is 1.30. The fourth-order valence-electron chi connectivity index (χ4n) is 1.20.